The molecular weight excluding hydrogens is 300 g/mol. The normalized spacial score (nSPS) is 22.6. The fourth-order valence-electron chi connectivity index (χ4n) is 3.27. The first-order valence-electron chi connectivity index (χ1n) is 7.68. The van der Waals surface area contributed by atoms with Crippen molar-refractivity contribution in [2.45, 2.75) is 18.4 Å². The molecule has 6 heteroatoms. The van der Waals surface area contributed by atoms with Gasteiger partial charge in [0.05, 0.1) is 25.4 Å². The Morgan fingerprint density at radius 3 is 3.14 bits per heavy atom. The molecule has 2 aliphatic rings. The molecule has 3 rings (SSSR count). The first-order valence-corrected chi connectivity index (χ1v) is 9.07. The van der Waals surface area contributed by atoms with E-state index >= 15 is 0 Å². The number of carbonyl (C=O) groups excluding carboxylic acids is 1. The van der Waals surface area contributed by atoms with E-state index in [0.29, 0.717) is 24.2 Å². The highest BCUT2D eigenvalue weighted by Crippen LogP contribution is 2.41. The Bertz CT molecular complexity index is 505. The van der Waals surface area contributed by atoms with Gasteiger partial charge in [-0.15, -0.1) is 0 Å². The van der Waals surface area contributed by atoms with Gasteiger partial charge in [-0.3, -0.25) is 4.79 Å². The number of hydrogen-bond acceptors (Lipinski definition) is 5. The summed E-state index contributed by atoms with van der Waals surface area (Å²) in [7, 11) is 0. The number of thioether (sulfide) groups is 1. The first-order chi connectivity index (χ1) is 10.7. The third-order valence-electron chi connectivity index (χ3n) is 4.49. The number of nitrogens with zero attached hydrogens (tertiary/aromatic N) is 2. The minimum atomic E-state index is -0.123. The van der Waals surface area contributed by atoms with Crippen LogP contribution in [0.2, 0.25) is 0 Å². The van der Waals surface area contributed by atoms with Crippen molar-refractivity contribution in [3.05, 3.63) is 24.4 Å². The molecule has 1 amide bonds. The largest absolute Gasteiger partial charge is 0.478 e. The van der Waals surface area contributed by atoms with Gasteiger partial charge in [0.2, 0.25) is 11.8 Å². The number of likely N-dealkylation sites (tertiary alicyclic amines) is 1. The maximum absolute atomic E-state index is 11.9. The van der Waals surface area contributed by atoms with Gasteiger partial charge in [0.15, 0.2) is 0 Å². The van der Waals surface area contributed by atoms with Crippen LogP contribution < -0.4 is 4.74 Å². The van der Waals surface area contributed by atoms with Gasteiger partial charge >= 0.3 is 0 Å². The molecule has 3 heterocycles. The van der Waals surface area contributed by atoms with Crippen LogP contribution in [0.4, 0.5) is 0 Å². The zero-order valence-electron chi connectivity index (χ0n) is 12.9. The standard InChI is InChI=1S/C16H22N2O3S/c1-22-10-15(19)18-11-16(12-18)13(6-9-21-16)5-8-20-14-4-2-3-7-17-14/h2-4,7,13H,5-6,8-12H2,1H3/t13-/m1/s1. The summed E-state index contributed by atoms with van der Waals surface area (Å²) >= 11 is 1.57. The minimum absolute atomic E-state index is 0.123. The van der Waals surface area contributed by atoms with Crippen molar-refractivity contribution in [1.82, 2.24) is 9.88 Å². The van der Waals surface area contributed by atoms with Crippen LogP contribution in [0.1, 0.15) is 12.8 Å². The molecule has 0 aromatic carbocycles. The van der Waals surface area contributed by atoms with E-state index < -0.39 is 0 Å². The number of rotatable bonds is 6. The lowest BCUT2D eigenvalue weighted by Crippen LogP contribution is -2.66. The summed E-state index contributed by atoms with van der Waals surface area (Å²) in [4.78, 5) is 18.0. The van der Waals surface area contributed by atoms with E-state index in [-0.39, 0.29) is 11.5 Å². The van der Waals surface area contributed by atoms with E-state index in [0.717, 1.165) is 32.5 Å². The number of amides is 1. The summed E-state index contributed by atoms with van der Waals surface area (Å²) in [6.45, 7) is 2.91. The van der Waals surface area contributed by atoms with E-state index in [9.17, 15) is 4.79 Å². The van der Waals surface area contributed by atoms with Crippen LogP contribution in [-0.2, 0) is 9.53 Å². The molecule has 0 radical (unpaired) electrons. The second kappa shape index (κ2) is 6.87. The van der Waals surface area contributed by atoms with E-state index in [1.807, 2.05) is 29.4 Å². The van der Waals surface area contributed by atoms with Gasteiger partial charge in [-0.1, -0.05) is 6.07 Å². The Hall–Kier alpha value is -1.27. The van der Waals surface area contributed by atoms with Crippen LogP contribution in [0.25, 0.3) is 0 Å². The van der Waals surface area contributed by atoms with Crippen LogP contribution in [0.15, 0.2) is 24.4 Å². The van der Waals surface area contributed by atoms with E-state index in [4.69, 9.17) is 9.47 Å². The molecule has 1 spiro atoms. The predicted octanol–water partition coefficient (Wildman–Crippen LogP) is 1.83. The Morgan fingerprint density at radius 1 is 1.55 bits per heavy atom. The zero-order chi connectivity index (χ0) is 15.4. The molecule has 5 nitrogen and oxygen atoms in total. The van der Waals surface area contributed by atoms with Crippen molar-refractivity contribution in [1.29, 1.82) is 0 Å². The first kappa shape index (κ1) is 15.6. The fourth-order valence-corrected chi connectivity index (χ4v) is 3.70. The number of aromatic nitrogens is 1. The van der Waals surface area contributed by atoms with Crippen LogP contribution in [0, 0.1) is 5.92 Å². The molecular formula is C16H22N2O3S. The summed E-state index contributed by atoms with van der Waals surface area (Å²) < 4.78 is 11.7. The Kier molecular flexibility index (Phi) is 4.88. The molecule has 0 saturated carbocycles. The van der Waals surface area contributed by atoms with Crippen molar-refractivity contribution in [3.8, 4) is 5.88 Å². The maximum Gasteiger partial charge on any atom is 0.232 e. The van der Waals surface area contributed by atoms with Gasteiger partial charge in [0, 0.05) is 18.9 Å². The number of hydrogen-bond donors (Lipinski definition) is 0. The molecule has 0 aliphatic carbocycles. The molecule has 1 aromatic rings. The highest BCUT2D eigenvalue weighted by molar-refractivity contribution is 7.99. The van der Waals surface area contributed by atoms with Gasteiger partial charge in [0.25, 0.3) is 0 Å². The maximum atomic E-state index is 11.9. The summed E-state index contributed by atoms with van der Waals surface area (Å²) in [6, 6.07) is 5.66. The Labute approximate surface area is 135 Å². The van der Waals surface area contributed by atoms with Crippen LogP contribution in [0.3, 0.4) is 0 Å². The second-order valence-corrected chi connectivity index (χ2v) is 6.75. The van der Waals surface area contributed by atoms with E-state index in [1.54, 1.807) is 18.0 Å². The van der Waals surface area contributed by atoms with Crippen LogP contribution in [0.5, 0.6) is 5.88 Å². The molecule has 2 saturated heterocycles. The van der Waals surface area contributed by atoms with Gasteiger partial charge in [0.1, 0.15) is 5.60 Å². The molecule has 1 aromatic heterocycles. The van der Waals surface area contributed by atoms with Gasteiger partial charge in [-0.2, -0.15) is 11.8 Å². The van der Waals surface area contributed by atoms with Crippen LogP contribution >= 0.6 is 11.8 Å². The summed E-state index contributed by atoms with van der Waals surface area (Å²) in [5.74, 6) is 1.91. The van der Waals surface area contributed by atoms with E-state index in [2.05, 4.69) is 4.98 Å². The lowest BCUT2D eigenvalue weighted by molar-refractivity contribution is -0.163. The van der Waals surface area contributed by atoms with Gasteiger partial charge in [-0.05, 0) is 31.1 Å². The molecule has 0 bridgehead atoms. The summed E-state index contributed by atoms with van der Waals surface area (Å²) in [5.41, 5.74) is -0.123. The van der Waals surface area contributed by atoms with Crippen molar-refractivity contribution in [3.63, 3.8) is 0 Å². The lowest BCUT2D eigenvalue weighted by Gasteiger charge is -2.50. The van der Waals surface area contributed by atoms with Crippen molar-refractivity contribution in [2.24, 2.45) is 5.92 Å². The van der Waals surface area contributed by atoms with Crippen molar-refractivity contribution < 1.29 is 14.3 Å². The third kappa shape index (κ3) is 3.22. The van der Waals surface area contributed by atoms with Gasteiger partial charge < -0.3 is 14.4 Å². The number of carbonyl (C=O) groups is 1. The molecule has 2 fully saturated rings. The average Bonchev–Trinajstić information content (AvgIpc) is 2.91. The lowest BCUT2D eigenvalue weighted by atomic mass is 9.79. The third-order valence-corrected chi connectivity index (χ3v) is 5.03. The smallest absolute Gasteiger partial charge is 0.232 e. The summed E-state index contributed by atoms with van der Waals surface area (Å²) in [6.07, 6.45) is 5.69. The number of pyridine rings is 1. The summed E-state index contributed by atoms with van der Waals surface area (Å²) in [5, 5.41) is 0. The van der Waals surface area contributed by atoms with Gasteiger partial charge in [-0.25, -0.2) is 4.98 Å². The monoisotopic (exact) mass is 322 g/mol. The highest BCUT2D eigenvalue weighted by atomic mass is 32.2. The van der Waals surface area contributed by atoms with Crippen LogP contribution in [-0.4, -0.2) is 59.7 Å². The number of ether oxygens (including phenoxy) is 2. The topological polar surface area (TPSA) is 51.7 Å². The Balaban J connectivity index is 1.47. The molecule has 120 valence electrons. The molecule has 0 N–H and O–H groups in total. The van der Waals surface area contributed by atoms with Crippen molar-refractivity contribution >= 4 is 17.7 Å². The average molecular weight is 322 g/mol. The second-order valence-electron chi connectivity index (χ2n) is 5.89. The molecule has 22 heavy (non-hydrogen) atoms. The Morgan fingerprint density at radius 2 is 2.41 bits per heavy atom. The SMILES string of the molecule is CSCC(=O)N1CC2(C1)OCC[C@H]2CCOc1ccccn1. The van der Waals surface area contributed by atoms with Crippen molar-refractivity contribution in [2.75, 3.05) is 38.3 Å². The molecule has 2 aliphatic heterocycles. The quantitative estimate of drug-likeness (QED) is 0.800. The molecule has 1 atom stereocenters. The fraction of sp³-hybridized carbons (Fsp3) is 0.625. The van der Waals surface area contributed by atoms with E-state index in [1.165, 1.54) is 0 Å². The predicted molar refractivity (Wildman–Crippen MR) is 86.1 cm³/mol. The highest BCUT2D eigenvalue weighted by Gasteiger charge is 2.53. The zero-order valence-corrected chi connectivity index (χ0v) is 13.7. The molecule has 0 unspecified atom stereocenters. The minimum Gasteiger partial charge on any atom is -0.478 e.